The molecule has 0 unspecified atom stereocenters. The molecule has 0 spiro atoms. The van der Waals surface area contributed by atoms with Crippen molar-refractivity contribution < 1.29 is 39.4 Å². The van der Waals surface area contributed by atoms with E-state index in [1.807, 2.05) is 23.1 Å². The molecule has 10 nitrogen and oxygen atoms in total. The largest absolute Gasteiger partial charge is 0.471 e. The first-order valence-electron chi connectivity index (χ1n) is 12.3. The zero-order valence-corrected chi connectivity index (χ0v) is 19.6. The average Bonchev–Trinajstić information content (AvgIpc) is 3.28. The van der Waals surface area contributed by atoms with Crippen LogP contribution < -0.4 is 0 Å². The number of piperidine rings is 1. The third-order valence-electron chi connectivity index (χ3n) is 8.04. The van der Waals surface area contributed by atoms with Crippen LogP contribution in [0.3, 0.4) is 0 Å². The average molecular weight is 499 g/mol. The van der Waals surface area contributed by atoms with Gasteiger partial charge in [0.05, 0.1) is 24.5 Å². The van der Waals surface area contributed by atoms with Crippen LogP contribution in [-0.2, 0) is 25.4 Å². The predicted molar refractivity (Wildman–Crippen MR) is 126 cm³/mol. The first kappa shape index (κ1) is 23.7. The summed E-state index contributed by atoms with van der Waals surface area (Å²) >= 11 is 0. The summed E-state index contributed by atoms with van der Waals surface area (Å²) in [4.78, 5) is 19.0. The molecule has 2 aromatic rings. The molecule has 1 amide bonds. The Bertz CT molecular complexity index is 1210. The molecule has 5 heterocycles. The van der Waals surface area contributed by atoms with E-state index in [4.69, 9.17) is 14.2 Å². The Kier molecular flexibility index (Phi) is 5.90. The summed E-state index contributed by atoms with van der Waals surface area (Å²) in [5, 5.41) is 41.3. The molecule has 5 N–H and O–H groups in total. The second-order valence-electron chi connectivity index (χ2n) is 9.89. The molecule has 1 aromatic heterocycles. The smallest absolute Gasteiger partial charge is 0.253 e. The number of nitrogens with zero attached hydrogens (tertiary/aromatic N) is 1. The minimum atomic E-state index is -1.56. The Morgan fingerprint density at radius 1 is 1.17 bits per heavy atom. The second-order valence-corrected chi connectivity index (χ2v) is 9.89. The van der Waals surface area contributed by atoms with Crippen LogP contribution in [0.25, 0.3) is 10.9 Å². The highest BCUT2D eigenvalue weighted by atomic mass is 16.8. The SMILES string of the molecule is C=C[C@@H]1[C@@H](O[C@@H]2O[C@H](CO)[C@@H](O)[C@H](O)[C@H]2O)OC=C2C(=O)N3CCc4c([nH]c5ccccc45)[C@H]3C[C@H]21. The number of aromatic nitrogens is 1. The van der Waals surface area contributed by atoms with Gasteiger partial charge in [0.15, 0.2) is 6.29 Å². The lowest BCUT2D eigenvalue weighted by Crippen LogP contribution is -2.60. The number of ether oxygens (including phenoxy) is 3. The normalized spacial score (nSPS) is 38.0. The number of hydrogen-bond acceptors (Lipinski definition) is 8. The van der Waals surface area contributed by atoms with Crippen LogP contribution in [0.2, 0.25) is 0 Å². The molecule has 0 aliphatic carbocycles. The Labute approximate surface area is 207 Å². The van der Waals surface area contributed by atoms with Crippen molar-refractivity contribution in [2.24, 2.45) is 11.8 Å². The van der Waals surface area contributed by atoms with Crippen LogP contribution in [0.5, 0.6) is 0 Å². The molecule has 6 rings (SSSR count). The van der Waals surface area contributed by atoms with Crippen molar-refractivity contribution in [3.8, 4) is 0 Å². The zero-order chi connectivity index (χ0) is 25.1. The third kappa shape index (κ3) is 3.52. The lowest BCUT2D eigenvalue weighted by Gasteiger charge is -2.48. The van der Waals surface area contributed by atoms with Gasteiger partial charge in [0.1, 0.15) is 24.4 Å². The fourth-order valence-corrected chi connectivity index (χ4v) is 6.13. The number of carbonyl (C=O) groups is 1. The topological polar surface area (TPSA) is 145 Å². The Morgan fingerprint density at radius 3 is 2.75 bits per heavy atom. The highest BCUT2D eigenvalue weighted by molar-refractivity contribution is 5.96. The van der Waals surface area contributed by atoms with Crippen LogP contribution in [0, 0.1) is 11.8 Å². The molecular formula is C26H30N2O8. The molecule has 2 fully saturated rings. The first-order valence-corrected chi connectivity index (χ1v) is 12.3. The summed E-state index contributed by atoms with van der Waals surface area (Å²) in [6.45, 7) is 4.01. The number of rotatable bonds is 4. The summed E-state index contributed by atoms with van der Waals surface area (Å²) in [6.07, 6.45) is -3.53. The van der Waals surface area contributed by atoms with Gasteiger partial charge in [-0.15, -0.1) is 6.58 Å². The van der Waals surface area contributed by atoms with Gasteiger partial charge in [0.2, 0.25) is 6.29 Å². The van der Waals surface area contributed by atoms with Gasteiger partial charge in [0, 0.05) is 35.0 Å². The van der Waals surface area contributed by atoms with Crippen molar-refractivity contribution in [1.82, 2.24) is 9.88 Å². The molecule has 192 valence electrons. The molecular weight excluding hydrogens is 468 g/mol. The molecule has 2 saturated heterocycles. The summed E-state index contributed by atoms with van der Waals surface area (Å²) < 4.78 is 17.2. The van der Waals surface area contributed by atoms with E-state index in [9.17, 15) is 25.2 Å². The molecule has 4 aliphatic heterocycles. The Balaban J connectivity index is 1.28. The molecule has 0 bridgehead atoms. The quantitative estimate of drug-likeness (QED) is 0.383. The number of para-hydroxylation sites is 1. The highest BCUT2D eigenvalue weighted by Gasteiger charge is 2.51. The van der Waals surface area contributed by atoms with Gasteiger partial charge in [-0.05, 0) is 24.5 Å². The monoisotopic (exact) mass is 498 g/mol. The number of fused-ring (bicyclic) bond motifs is 6. The van der Waals surface area contributed by atoms with Crippen LogP contribution in [-0.4, -0.2) is 86.4 Å². The second kappa shape index (κ2) is 8.98. The van der Waals surface area contributed by atoms with Crippen molar-refractivity contribution in [2.75, 3.05) is 13.2 Å². The maximum Gasteiger partial charge on any atom is 0.253 e. The fraction of sp³-hybridized carbons (Fsp3) is 0.500. The minimum absolute atomic E-state index is 0.0845. The van der Waals surface area contributed by atoms with Gasteiger partial charge in [-0.3, -0.25) is 4.79 Å². The van der Waals surface area contributed by atoms with Crippen molar-refractivity contribution in [3.05, 3.63) is 60.0 Å². The van der Waals surface area contributed by atoms with Crippen molar-refractivity contribution in [2.45, 2.75) is 55.9 Å². The van der Waals surface area contributed by atoms with Gasteiger partial charge < -0.3 is 44.5 Å². The van der Waals surface area contributed by atoms with Crippen LogP contribution in [0.1, 0.15) is 23.7 Å². The lowest BCUT2D eigenvalue weighted by atomic mass is 9.74. The van der Waals surface area contributed by atoms with E-state index >= 15 is 0 Å². The summed E-state index contributed by atoms with van der Waals surface area (Å²) in [6, 6.07) is 8.01. The van der Waals surface area contributed by atoms with Gasteiger partial charge in [-0.1, -0.05) is 24.3 Å². The van der Waals surface area contributed by atoms with Crippen molar-refractivity contribution in [3.63, 3.8) is 0 Å². The van der Waals surface area contributed by atoms with Gasteiger partial charge in [-0.25, -0.2) is 0 Å². The van der Waals surface area contributed by atoms with E-state index in [1.165, 1.54) is 17.2 Å². The fourth-order valence-electron chi connectivity index (χ4n) is 6.13. The first-order chi connectivity index (χ1) is 17.4. The molecule has 0 saturated carbocycles. The lowest BCUT2D eigenvalue weighted by molar-refractivity contribution is -0.339. The van der Waals surface area contributed by atoms with Crippen molar-refractivity contribution in [1.29, 1.82) is 0 Å². The molecule has 1 aromatic carbocycles. The number of aliphatic hydroxyl groups is 4. The zero-order valence-electron chi connectivity index (χ0n) is 19.6. The number of aliphatic hydroxyl groups excluding tert-OH is 4. The van der Waals surface area contributed by atoms with Crippen LogP contribution in [0.4, 0.5) is 0 Å². The third-order valence-corrected chi connectivity index (χ3v) is 8.04. The molecule has 4 aliphatic rings. The number of amides is 1. The minimum Gasteiger partial charge on any atom is -0.471 e. The molecule has 10 heteroatoms. The van der Waals surface area contributed by atoms with E-state index in [-0.39, 0.29) is 17.9 Å². The van der Waals surface area contributed by atoms with Gasteiger partial charge in [-0.2, -0.15) is 0 Å². The molecule has 0 radical (unpaired) electrons. The molecule has 9 atom stereocenters. The van der Waals surface area contributed by atoms with Gasteiger partial charge >= 0.3 is 0 Å². The summed E-state index contributed by atoms with van der Waals surface area (Å²) in [7, 11) is 0. The van der Waals surface area contributed by atoms with E-state index in [2.05, 4.69) is 17.6 Å². The number of nitrogens with one attached hydrogen (secondary N) is 1. The number of benzene rings is 1. The van der Waals surface area contributed by atoms with Crippen molar-refractivity contribution >= 4 is 16.8 Å². The summed E-state index contributed by atoms with van der Waals surface area (Å²) in [5.74, 6) is -0.783. The predicted octanol–water partition coefficient (Wildman–Crippen LogP) is 0.473. The molecule has 36 heavy (non-hydrogen) atoms. The van der Waals surface area contributed by atoms with Gasteiger partial charge in [0.25, 0.3) is 5.91 Å². The maximum atomic E-state index is 13.5. The van der Waals surface area contributed by atoms with Crippen LogP contribution in [0.15, 0.2) is 48.8 Å². The number of H-pyrrole nitrogens is 1. The number of hydrogen-bond donors (Lipinski definition) is 5. The maximum absolute atomic E-state index is 13.5. The van der Waals surface area contributed by atoms with Crippen LogP contribution >= 0.6 is 0 Å². The standard InChI is InChI=1S/C26H30N2O8/c1-2-12-15-9-18-20-14(13-5-3-4-6-17(13)27-20)7-8-28(18)24(33)16(15)11-34-25(12)36-26-23(32)22(31)21(30)19(10-29)35-26/h2-6,11-12,15,18-19,21-23,25-27,29-32H,1,7-10H2/t12-,15-,18+,19+,21+,22-,23+,25+,26-/m0/s1. The van der Waals surface area contributed by atoms with E-state index in [0.29, 0.717) is 18.5 Å². The number of carbonyl (C=O) groups excluding carboxylic acids is 1. The van der Waals surface area contributed by atoms with E-state index in [1.54, 1.807) is 6.08 Å². The number of aromatic amines is 1. The Hall–Kier alpha value is -2.73. The Morgan fingerprint density at radius 2 is 1.97 bits per heavy atom. The summed E-state index contributed by atoms with van der Waals surface area (Å²) in [5.41, 5.74) is 3.89. The van der Waals surface area contributed by atoms with E-state index in [0.717, 1.165) is 17.6 Å². The highest BCUT2D eigenvalue weighted by Crippen LogP contribution is 2.48. The van der Waals surface area contributed by atoms with E-state index < -0.39 is 49.5 Å².